The first-order valence-electron chi connectivity index (χ1n) is 9.68. The molecule has 1 aliphatic heterocycles. The summed E-state index contributed by atoms with van der Waals surface area (Å²) in [5.74, 6) is 1.05. The molecule has 5 nitrogen and oxygen atoms in total. The van der Waals surface area contributed by atoms with Gasteiger partial charge in [-0.05, 0) is 30.2 Å². The molecule has 2 aromatic rings. The first kappa shape index (κ1) is 25.2. The largest absolute Gasteiger partial charge is 0.494 e. The monoisotopic (exact) mass is 439 g/mol. The van der Waals surface area contributed by atoms with Crippen LogP contribution in [-0.2, 0) is 11.3 Å². The van der Waals surface area contributed by atoms with Crippen molar-refractivity contribution in [3.8, 4) is 5.75 Å². The second kappa shape index (κ2) is 12.7. The van der Waals surface area contributed by atoms with E-state index >= 15 is 0 Å². The quantitative estimate of drug-likeness (QED) is 0.714. The van der Waals surface area contributed by atoms with Crippen LogP contribution in [-0.4, -0.2) is 48.5 Å². The molecule has 2 N–H and O–H groups in total. The van der Waals surface area contributed by atoms with Gasteiger partial charge in [0.05, 0.1) is 6.61 Å². The number of ether oxygens (including phenoxy) is 1. The van der Waals surface area contributed by atoms with Crippen molar-refractivity contribution < 1.29 is 9.53 Å². The van der Waals surface area contributed by atoms with Crippen molar-refractivity contribution in [1.29, 1.82) is 0 Å². The Kier molecular flexibility index (Phi) is 11.1. The van der Waals surface area contributed by atoms with Crippen molar-refractivity contribution in [2.75, 3.05) is 32.8 Å². The van der Waals surface area contributed by atoms with E-state index in [0.717, 1.165) is 44.0 Å². The van der Waals surface area contributed by atoms with E-state index < -0.39 is 0 Å². The third kappa shape index (κ3) is 7.52. The van der Waals surface area contributed by atoms with Crippen molar-refractivity contribution in [3.05, 3.63) is 65.7 Å². The minimum atomic E-state index is -0.236. The summed E-state index contributed by atoms with van der Waals surface area (Å²) in [5, 5.41) is 0. The highest BCUT2D eigenvalue weighted by Crippen LogP contribution is 2.17. The summed E-state index contributed by atoms with van der Waals surface area (Å²) in [4.78, 5) is 16.9. The van der Waals surface area contributed by atoms with Crippen molar-refractivity contribution >= 4 is 30.7 Å². The first-order chi connectivity index (χ1) is 13.2. The molecule has 1 aliphatic rings. The van der Waals surface area contributed by atoms with Crippen molar-refractivity contribution in [2.45, 2.75) is 25.9 Å². The number of hydrogen-bond donors (Lipinski definition) is 1. The fraction of sp³-hybridized carbons (Fsp3) is 0.409. The van der Waals surface area contributed by atoms with Crippen molar-refractivity contribution in [1.82, 2.24) is 9.80 Å². The Bertz CT molecular complexity index is 721. The van der Waals surface area contributed by atoms with Crippen LogP contribution in [0.25, 0.3) is 0 Å². The van der Waals surface area contributed by atoms with Gasteiger partial charge < -0.3 is 15.4 Å². The lowest BCUT2D eigenvalue weighted by Gasteiger charge is -2.35. The molecule has 2 aromatic carbocycles. The normalized spacial score (nSPS) is 15.0. The summed E-state index contributed by atoms with van der Waals surface area (Å²) in [6.07, 6.45) is 0.364. The molecule has 1 heterocycles. The van der Waals surface area contributed by atoms with Crippen LogP contribution in [0.15, 0.2) is 54.6 Å². The van der Waals surface area contributed by atoms with Gasteiger partial charge in [0, 0.05) is 45.2 Å². The average molecular weight is 440 g/mol. The second-order valence-corrected chi connectivity index (χ2v) is 6.96. The van der Waals surface area contributed by atoms with Crippen LogP contribution in [0.2, 0.25) is 0 Å². The van der Waals surface area contributed by atoms with E-state index in [0.29, 0.717) is 13.0 Å². The summed E-state index contributed by atoms with van der Waals surface area (Å²) < 4.78 is 5.49. The van der Waals surface area contributed by atoms with E-state index in [1.165, 1.54) is 5.56 Å². The van der Waals surface area contributed by atoms with Crippen molar-refractivity contribution in [3.63, 3.8) is 0 Å². The van der Waals surface area contributed by atoms with E-state index in [1.807, 2.05) is 54.3 Å². The number of halogens is 2. The van der Waals surface area contributed by atoms with E-state index in [4.69, 9.17) is 10.5 Å². The SMILES string of the molecule is CCOc1ccc(CN2CCN(C(=O)CC(N)c3ccccc3)CC2)cc1.Cl.Cl. The maximum absolute atomic E-state index is 12.6. The lowest BCUT2D eigenvalue weighted by Crippen LogP contribution is -2.48. The average Bonchev–Trinajstić information content (AvgIpc) is 2.71. The van der Waals surface area contributed by atoms with Gasteiger partial charge in [-0.25, -0.2) is 0 Å². The van der Waals surface area contributed by atoms with Crippen LogP contribution < -0.4 is 10.5 Å². The van der Waals surface area contributed by atoms with Gasteiger partial charge in [0.25, 0.3) is 0 Å². The summed E-state index contributed by atoms with van der Waals surface area (Å²) >= 11 is 0. The Morgan fingerprint density at radius 3 is 2.21 bits per heavy atom. The van der Waals surface area contributed by atoms with E-state index in [1.54, 1.807) is 0 Å². The molecule has 3 rings (SSSR count). The fourth-order valence-electron chi connectivity index (χ4n) is 3.41. The predicted octanol–water partition coefficient (Wildman–Crippen LogP) is 3.66. The summed E-state index contributed by atoms with van der Waals surface area (Å²) in [7, 11) is 0. The Morgan fingerprint density at radius 1 is 1.00 bits per heavy atom. The third-order valence-corrected chi connectivity index (χ3v) is 4.99. The maximum Gasteiger partial charge on any atom is 0.224 e. The van der Waals surface area contributed by atoms with Gasteiger partial charge >= 0.3 is 0 Å². The van der Waals surface area contributed by atoms with Gasteiger partial charge in [-0.2, -0.15) is 0 Å². The molecule has 1 saturated heterocycles. The van der Waals surface area contributed by atoms with Gasteiger partial charge in [-0.15, -0.1) is 24.8 Å². The highest BCUT2D eigenvalue weighted by Gasteiger charge is 2.23. The zero-order chi connectivity index (χ0) is 19.1. The number of piperazine rings is 1. The number of hydrogen-bond acceptors (Lipinski definition) is 4. The molecule has 0 spiro atoms. The van der Waals surface area contributed by atoms with E-state index in [-0.39, 0.29) is 36.8 Å². The minimum absolute atomic E-state index is 0. The van der Waals surface area contributed by atoms with E-state index in [9.17, 15) is 4.79 Å². The number of rotatable bonds is 7. The van der Waals surface area contributed by atoms with Gasteiger partial charge in [0.15, 0.2) is 0 Å². The standard InChI is InChI=1S/C22H29N3O2.2ClH/c1-2-27-20-10-8-18(9-11-20)17-24-12-14-25(15-13-24)22(26)16-21(23)19-6-4-3-5-7-19;;/h3-11,21H,2,12-17,23H2,1H3;2*1H. The zero-order valence-corrected chi connectivity index (χ0v) is 18.5. The molecule has 0 bridgehead atoms. The number of nitrogens with zero attached hydrogens (tertiary/aromatic N) is 2. The predicted molar refractivity (Wildman–Crippen MR) is 122 cm³/mol. The molecular weight excluding hydrogens is 409 g/mol. The fourth-order valence-corrected chi connectivity index (χ4v) is 3.41. The minimum Gasteiger partial charge on any atom is -0.494 e. The highest BCUT2D eigenvalue weighted by molar-refractivity contribution is 5.85. The summed E-state index contributed by atoms with van der Waals surface area (Å²) in [5.41, 5.74) is 8.48. The molecular formula is C22H31Cl2N3O2. The number of carbonyl (C=O) groups is 1. The molecule has 29 heavy (non-hydrogen) atoms. The number of nitrogens with two attached hydrogens (primary N) is 1. The van der Waals surface area contributed by atoms with Gasteiger partial charge in [0.2, 0.25) is 5.91 Å². The van der Waals surface area contributed by atoms with Crippen LogP contribution in [0, 0.1) is 0 Å². The lowest BCUT2D eigenvalue weighted by molar-refractivity contribution is -0.133. The molecule has 0 saturated carbocycles. The smallest absolute Gasteiger partial charge is 0.224 e. The molecule has 1 amide bonds. The number of carbonyl (C=O) groups excluding carboxylic acids is 1. The molecule has 7 heteroatoms. The molecule has 1 atom stereocenters. The Balaban J connectivity index is 0.00000210. The van der Waals surface area contributed by atoms with Crippen LogP contribution in [0.4, 0.5) is 0 Å². The molecule has 1 unspecified atom stereocenters. The second-order valence-electron chi connectivity index (χ2n) is 6.96. The molecule has 160 valence electrons. The first-order valence-corrected chi connectivity index (χ1v) is 9.68. The Morgan fingerprint density at radius 2 is 1.62 bits per heavy atom. The van der Waals surface area contributed by atoms with Crippen molar-refractivity contribution in [2.24, 2.45) is 5.73 Å². The van der Waals surface area contributed by atoms with E-state index in [2.05, 4.69) is 17.0 Å². The Labute approximate surface area is 186 Å². The highest BCUT2D eigenvalue weighted by atomic mass is 35.5. The van der Waals surface area contributed by atoms with Crippen LogP contribution in [0.3, 0.4) is 0 Å². The number of amides is 1. The lowest BCUT2D eigenvalue weighted by atomic mass is 10.0. The van der Waals surface area contributed by atoms with Crippen LogP contribution in [0.1, 0.15) is 30.5 Å². The topological polar surface area (TPSA) is 58.8 Å². The summed E-state index contributed by atoms with van der Waals surface area (Å²) in [6, 6.07) is 17.9. The third-order valence-electron chi connectivity index (χ3n) is 4.99. The molecule has 0 aliphatic carbocycles. The van der Waals surface area contributed by atoms with Gasteiger partial charge in [-0.1, -0.05) is 42.5 Å². The molecule has 0 radical (unpaired) electrons. The zero-order valence-electron chi connectivity index (χ0n) is 16.8. The summed E-state index contributed by atoms with van der Waals surface area (Å²) in [6.45, 7) is 6.87. The number of benzene rings is 2. The maximum atomic E-state index is 12.6. The van der Waals surface area contributed by atoms with Crippen LogP contribution in [0.5, 0.6) is 5.75 Å². The molecule has 0 aromatic heterocycles. The van der Waals surface area contributed by atoms with Crippen LogP contribution >= 0.6 is 24.8 Å². The van der Waals surface area contributed by atoms with Gasteiger partial charge in [-0.3, -0.25) is 9.69 Å². The Hall–Kier alpha value is -1.79. The molecule has 1 fully saturated rings. The van der Waals surface area contributed by atoms with Gasteiger partial charge in [0.1, 0.15) is 5.75 Å².